The van der Waals surface area contributed by atoms with Crippen LogP contribution in [-0.2, 0) is 6.42 Å². The summed E-state index contributed by atoms with van der Waals surface area (Å²) in [4.78, 5) is 11.2. The van der Waals surface area contributed by atoms with Crippen molar-refractivity contribution in [1.29, 1.82) is 0 Å². The lowest BCUT2D eigenvalue weighted by molar-refractivity contribution is 0.0690. The van der Waals surface area contributed by atoms with Crippen LogP contribution in [0.15, 0.2) is 30.3 Å². The first kappa shape index (κ1) is 15.1. The molecule has 2 rings (SSSR count). The highest BCUT2D eigenvalue weighted by molar-refractivity contribution is 5.85. The van der Waals surface area contributed by atoms with E-state index in [1.54, 1.807) is 10.7 Å². The van der Waals surface area contributed by atoms with Crippen LogP contribution >= 0.6 is 0 Å². The zero-order chi connectivity index (χ0) is 15.4. The molecule has 0 aliphatic heterocycles. The number of ether oxygens (including phenoxy) is 1. The smallest absolute Gasteiger partial charge is 0.356 e. The molecule has 1 aromatic heterocycles. The number of rotatable bonds is 6. The lowest BCUT2D eigenvalue weighted by atomic mass is 10.2. The van der Waals surface area contributed by atoms with E-state index >= 15 is 0 Å². The average Bonchev–Trinajstić information content (AvgIpc) is 2.83. The van der Waals surface area contributed by atoms with Gasteiger partial charge >= 0.3 is 5.97 Å². The number of carbonyl (C=O) groups is 1. The van der Waals surface area contributed by atoms with Crippen molar-refractivity contribution in [2.75, 3.05) is 0 Å². The van der Waals surface area contributed by atoms with Crippen LogP contribution in [0.4, 0.5) is 0 Å². The quantitative estimate of drug-likeness (QED) is 0.885. The molecule has 0 spiro atoms. The Labute approximate surface area is 124 Å². The van der Waals surface area contributed by atoms with E-state index < -0.39 is 5.97 Å². The van der Waals surface area contributed by atoms with E-state index in [0.717, 1.165) is 24.2 Å². The number of aromatic carboxylic acids is 1. The second-order valence-electron chi connectivity index (χ2n) is 5.12. The minimum Gasteiger partial charge on any atom is -0.489 e. The first-order valence-electron chi connectivity index (χ1n) is 7.11. The molecule has 1 N–H and O–H groups in total. The van der Waals surface area contributed by atoms with E-state index in [9.17, 15) is 4.79 Å². The van der Waals surface area contributed by atoms with Gasteiger partial charge in [-0.3, -0.25) is 0 Å². The second kappa shape index (κ2) is 6.43. The fourth-order valence-corrected chi connectivity index (χ4v) is 2.15. The van der Waals surface area contributed by atoms with E-state index in [-0.39, 0.29) is 11.8 Å². The van der Waals surface area contributed by atoms with Gasteiger partial charge in [-0.2, -0.15) is 5.10 Å². The number of aryl methyl sites for hydroxylation is 1. The van der Waals surface area contributed by atoms with Crippen LogP contribution < -0.4 is 4.74 Å². The SMILES string of the molecule is CCCc1cc(C(=O)O)nn1-c1ccccc1OC(C)C. The van der Waals surface area contributed by atoms with E-state index in [4.69, 9.17) is 9.84 Å². The van der Waals surface area contributed by atoms with Crippen LogP contribution in [0, 0.1) is 0 Å². The van der Waals surface area contributed by atoms with Crippen molar-refractivity contribution in [2.24, 2.45) is 0 Å². The van der Waals surface area contributed by atoms with E-state index in [0.29, 0.717) is 5.75 Å². The monoisotopic (exact) mass is 288 g/mol. The lowest BCUT2D eigenvalue weighted by Crippen LogP contribution is -2.10. The first-order valence-corrected chi connectivity index (χ1v) is 7.11. The maximum atomic E-state index is 11.2. The van der Waals surface area contributed by atoms with Crippen molar-refractivity contribution in [3.8, 4) is 11.4 Å². The van der Waals surface area contributed by atoms with Crippen molar-refractivity contribution in [3.63, 3.8) is 0 Å². The van der Waals surface area contributed by atoms with Crippen LogP contribution in [0.2, 0.25) is 0 Å². The number of hydrogen-bond donors (Lipinski definition) is 1. The summed E-state index contributed by atoms with van der Waals surface area (Å²) in [5, 5.41) is 13.3. The van der Waals surface area contributed by atoms with E-state index in [2.05, 4.69) is 5.10 Å². The molecular weight excluding hydrogens is 268 g/mol. The van der Waals surface area contributed by atoms with Gasteiger partial charge in [-0.1, -0.05) is 25.5 Å². The molecule has 5 nitrogen and oxygen atoms in total. The van der Waals surface area contributed by atoms with Crippen LogP contribution in [0.1, 0.15) is 43.4 Å². The highest BCUT2D eigenvalue weighted by Gasteiger charge is 2.16. The van der Waals surface area contributed by atoms with Gasteiger partial charge < -0.3 is 9.84 Å². The zero-order valence-electron chi connectivity index (χ0n) is 12.5. The minimum absolute atomic E-state index is 0.0373. The van der Waals surface area contributed by atoms with Crippen molar-refractivity contribution >= 4 is 5.97 Å². The van der Waals surface area contributed by atoms with Gasteiger partial charge in [0.25, 0.3) is 0 Å². The van der Waals surface area contributed by atoms with E-state index in [1.807, 2.05) is 45.0 Å². The van der Waals surface area contributed by atoms with Crippen molar-refractivity contribution in [2.45, 2.75) is 39.7 Å². The maximum Gasteiger partial charge on any atom is 0.356 e. The minimum atomic E-state index is -1.02. The molecule has 0 aliphatic rings. The summed E-state index contributed by atoms with van der Waals surface area (Å²) < 4.78 is 7.47. The third-order valence-corrected chi connectivity index (χ3v) is 2.96. The van der Waals surface area contributed by atoms with Gasteiger partial charge in [0.2, 0.25) is 0 Å². The second-order valence-corrected chi connectivity index (χ2v) is 5.12. The van der Waals surface area contributed by atoms with Gasteiger partial charge in [0.15, 0.2) is 5.69 Å². The fourth-order valence-electron chi connectivity index (χ4n) is 2.15. The Hall–Kier alpha value is -2.30. The molecule has 0 radical (unpaired) electrons. The molecule has 0 unspecified atom stereocenters. The number of aromatic nitrogens is 2. The number of carboxylic acids is 1. The zero-order valence-corrected chi connectivity index (χ0v) is 12.5. The van der Waals surface area contributed by atoms with Crippen molar-refractivity contribution in [1.82, 2.24) is 9.78 Å². The summed E-state index contributed by atoms with van der Waals surface area (Å²) in [5.41, 5.74) is 1.69. The maximum absolute atomic E-state index is 11.2. The molecule has 0 amide bonds. The van der Waals surface area contributed by atoms with Gasteiger partial charge in [-0.05, 0) is 38.5 Å². The molecule has 1 heterocycles. The Balaban J connectivity index is 2.52. The van der Waals surface area contributed by atoms with Crippen molar-refractivity contribution in [3.05, 3.63) is 41.7 Å². The number of para-hydroxylation sites is 2. The van der Waals surface area contributed by atoms with Crippen LogP contribution in [-0.4, -0.2) is 27.0 Å². The summed E-state index contributed by atoms with van der Waals surface area (Å²) in [6.45, 7) is 5.96. The molecule has 112 valence electrons. The van der Waals surface area contributed by atoms with Crippen LogP contribution in [0.5, 0.6) is 5.75 Å². The summed E-state index contributed by atoms with van der Waals surface area (Å²) in [7, 11) is 0. The Morgan fingerprint density at radius 3 is 2.71 bits per heavy atom. The number of carboxylic acid groups (broad SMARTS) is 1. The summed E-state index contributed by atoms with van der Waals surface area (Å²) in [6, 6.07) is 9.16. The Morgan fingerprint density at radius 1 is 1.38 bits per heavy atom. The predicted molar refractivity (Wildman–Crippen MR) is 80.3 cm³/mol. The van der Waals surface area contributed by atoms with E-state index in [1.165, 1.54) is 0 Å². The molecule has 2 aromatic rings. The third-order valence-electron chi connectivity index (χ3n) is 2.96. The number of nitrogens with zero attached hydrogens (tertiary/aromatic N) is 2. The Kier molecular flexibility index (Phi) is 4.62. The highest BCUT2D eigenvalue weighted by Crippen LogP contribution is 2.25. The van der Waals surface area contributed by atoms with Crippen molar-refractivity contribution < 1.29 is 14.6 Å². The molecule has 0 saturated carbocycles. The molecular formula is C16H20N2O3. The Morgan fingerprint density at radius 2 is 2.10 bits per heavy atom. The highest BCUT2D eigenvalue weighted by atomic mass is 16.5. The molecule has 0 saturated heterocycles. The van der Waals surface area contributed by atoms with Gasteiger partial charge in [-0.15, -0.1) is 0 Å². The first-order chi connectivity index (χ1) is 10.0. The molecule has 0 bridgehead atoms. The normalized spacial score (nSPS) is 10.9. The summed E-state index contributed by atoms with van der Waals surface area (Å²) in [6.07, 6.45) is 1.71. The van der Waals surface area contributed by atoms with Gasteiger partial charge in [0, 0.05) is 5.69 Å². The molecule has 21 heavy (non-hydrogen) atoms. The van der Waals surface area contributed by atoms with Gasteiger partial charge in [0.05, 0.1) is 6.10 Å². The average molecular weight is 288 g/mol. The van der Waals surface area contributed by atoms with Gasteiger partial charge in [-0.25, -0.2) is 9.48 Å². The lowest BCUT2D eigenvalue weighted by Gasteiger charge is -2.15. The molecule has 5 heteroatoms. The topological polar surface area (TPSA) is 64.3 Å². The van der Waals surface area contributed by atoms with Crippen LogP contribution in [0.25, 0.3) is 5.69 Å². The largest absolute Gasteiger partial charge is 0.489 e. The Bertz CT molecular complexity index is 632. The molecule has 0 atom stereocenters. The number of benzene rings is 1. The molecule has 0 aliphatic carbocycles. The van der Waals surface area contributed by atoms with Gasteiger partial charge in [0.1, 0.15) is 11.4 Å². The predicted octanol–water partition coefficient (Wildman–Crippen LogP) is 3.31. The fraction of sp³-hybridized carbons (Fsp3) is 0.375. The molecule has 0 fully saturated rings. The summed E-state index contributed by atoms with van der Waals surface area (Å²) >= 11 is 0. The standard InChI is InChI=1S/C16H20N2O3/c1-4-7-12-10-13(16(19)20)17-18(12)14-8-5-6-9-15(14)21-11(2)3/h5-6,8-11H,4,7H2,1-3H3,(H,19,20). The summed E-state index contributed by atoms with van der Waals surface area (Å²) in [5.74, 6) is -0.321. The van der Waals surface area contributed by atoms with Crippen LogP contribution in [0.3, 0.4) is 0 Å². The molecule has 1 aromatic carbocycles. The third kappa shape index (κ3) is 3.42. The number of hydrogen-bond acceptors (Lipinski definition) is 3.